The molecule has 1 saturated heterocycles. The third-order valence-electron chi connectivity index (χ3n) is 6.76. The van der Waals surface area contributed by atoms with E-state index < -0.39 is 5.79 Å². The third-order valence-corrected chi connectivity index (χ3v) is 6.76. The van der Waals surface area contributed by atoms with Gasteiger partial charge in [-0.05, 0) is 51.6 Å². The van der Waals surface area contributed by atoms with E-state index in [1.807, 2.05) is 12.1 Å². The van der Waals surface area contributed by atoms with Crippen molar-refractivity contribution in [2.75, 3.05) is 48.6 Å². The molecule has 0 aliphatic carbocycles. The fourth-order valence-electron chi connectivity index (χ4n) is 4.77. The quantitative estimate of drug-likeness (QED) is 0.522. The van der Waals surface area contributed by atoms with Crippen LogP contribution in [0.25, 0.3) is 0 Å². The molecule has 32 heavy (non-hydrogen) atoms. The Balaban J connectivity index is 2.01. The fraction of sp³-hybridized carbons (Fsp3) is 0.538. The molecule has 3 rings (SSSR count). The minimum atomic E-state index is -0.867. The molecule has 1 heterocycles. The van der Waals surface area contributed by atoms with E-state index in [4.69, 9.17) is 23.7 Å². The number of benzene rings is 2. The van der Waals surface area contributed by atoms with Gasteiger partial charge in [-0.2, -0.15) is 0 Å². The van der Waals surface area contributed by atoms with Gasteiger partial charge in [-0.15, -0.1) is 0 Å². The first-order valence-electron chi connectivity index (χ1n) is 11.2. The van der Waals surface area contributed by atoms with Gasteiger partial charge in [0, 0.05) is 17.5 Å². The van der Waals surface area contributed by atoms with Crippen LogP contribution in [0.3, 0.4) is 0 Å². The monoisotopic (exact) mass is 443 g/mol. The molecule has 6 nitrogen and oxygen atoms in total. The van der Waals surface area contributed by atoms with Gasteiger partial charge < -0.3 is 23.7 Å². The molecule has 2 aromatic rings. The van der Waals surface area contributed by atoms with Crippen LogP contribution in [0.1, 0.15) is 42.9 Å². The van der Waals surface area contributed by atoms with Crippen LogP contribution in [0.4, 0.5) is 0 Å². The molecular weight excluding hydrogens is 406 g/mol. The molecule has 1 unspecified atom stereocenters. The summed E-state index contributed by atoms with van der Waals surface area (Å²) in [5.41, 5.74) is 3.29. The summed E-state index contributed by atoms with van der Waals surface area (Å²) in [5.74, 6) is 0.873. The highest BCUT2D eigenvalue weighted by molar-refractivity contribution is 5.54. The lowest BCUT2D eigenvalue weighted by Gasteiger charge is -2.42. The first-order valence-corrected chi connectivity index (χ1v) is 11.2. The van der Waals surface area contributed by atoms with Gasteiger partial charge >= 0.3 is 0 Å². The SMILES string of the molecule is CCC(CCC1(c2cc(OC)c(OC)c(OC)c2)OCCO1)(c1ccc(C)cc1)N(C)C. The van der Waals surface area contributed by atoms with E-state index in [2.05, 4.69) is 57.1 Å². The maximum Gasteiger partial charge on any atom is 0.203 e. The van der Waals surface area contributed by atoms with E-state index in [0.29, 0.717) is 36.9 Å². The number of nitrogens with zero attached hydrogens (tertiary/aromatic N) is 1. The number of hydrogen-bond acceptors (Lipinski definition) is 6. The van der Waals surface area contributed by atoms with Crippen LogP contribution in [-0.4, -0.2) is 53.5 Å². The molecule has 1 aliphatic heterocycles. The van der Waals surface area contributed by atoms with Gasteiger partial charge in [0.05, 0.1) is 34.5 Å². The Bertz CT molecular complexity index is 865. The van der Waals surface area contributed by atoms with Crippen LogP contribution >= 0.6 is 0 Å². The van der Waals surface area contributed by atoms with Gasteiger partial charge in [0.2, 0.25) is 5.75 Å². The average molecular weight is 444 g/mol. The summed E-state index contributed by atoms with van der Waals surface area (Å²) in [6.07, 6.45) is 2.51. The largest absolute Gasteiger partial charge is 0.493 e. The summed E-state index contributed by atoms with van der Waals surface area (Å²) in [6.45, 7) is 5.44. The summed E-state index contributed by atoms with van der Waals surface area (Å²) in [6, 6.07) is 12.7. The summed E-state index contributed by atoms with van der Waals surface area (Å²) in [5, 5.41) is 0. The Labute approximate surface area is 192 Å². The predicted molar refractivity (Wildman–Crippen MR) is 126 cm³/mol. The van der Waals surface area contributed by atoms with Gasteiger partial charge in [0.25, 0.3) is 0 Å². The second kappa shape index (κ2) is 10.1. The summed E-state index contributed by atoms with van der Waals surface area (Å²) in [7, 11) is 9.13. The van der Waals surface area contributed by atoms with Crippen LogP contribution in [0, 0.1) is 6.92 Å². The lowest BCUT2D eigenvalue weighted by molar-refractivity contribution is -0.176. The third kappa shape index (κ3) is 4.45. The molecule has 176 valence electrons. The maximum atomic E-state index is 6.28. The number of aryl methyl sites for hydroxylation is 1. The molecule has 2 aromatic carbocycles. The molecule has 0 amide bonds. The number of ether oxygens (including phenoxy) is 5. The highest BCUT2D eigenvalue weighted by Crippen LogP contribution is 2.47. The highest BCUT2D eigenvalue weighted by atomic mass is 16.7. The zero-order valence-electron chi connectivity index (χ0n) is 20.5. The van der Waals surface area contributed by atoms with Crippen LogP contribution in [-0.2, 0) is 20.8 Å². The molecule has 0 N–H and O–H groups in total. The lowest BCUT2D eigenvalue weighted by atomic mass is 9.79. The Morgan fingerprint density at radius 1 is 0.938 bits per heavy atom. The molecule has 1 aliphatic rings. The molecular formula is C26H37NO5. The van der Waals surface area contributed by atoms with Crippen molar-refractivity contribution in [3.63, 3.8) is 0 Å². The van der Waals surface area contributed by atoms with E-state index in [1.54, 1.807) is 21.3 Å². The van der Waals surface area contributed by atoms with E-state index >= 15 is 0 Å². The molecule has 0 aromatic heterocycles. The second-order valence-corrected chi connectivity index (χ2v) is 8.51. The van der Waals surface area contributed by atoms with Crippen LogP contribution in [0.15, 0.2) is 36.4 Å². The average Bonchev–Trinajstić information content (AvgIpc) is 3.29. The van der Waals surface area contributed by atoms with Crippen molar-refractivity contribution >= 4 is 0 Å². The summed E-state index contributed by atoms with van der Waals surface area (Å²) in [4.78, 5) is 2.31. The first-order chi connectivity index (χ1) is 15.4. The van der Waals surface area contributed by atoms with E-state index in [9.17, 15) is 0 Å². The standard InChI is InChI=1S/C26H37NO5/c1-8-25(27(3)4,20-11-9-19(2)10-12-20)13-14-26(31-15-16-32-26)21-17-22(28-5)24(30-7)23(18-21)29-6/h9-12,17-18H,8,13-16H2,1-7H3. The topological polar surface area (TPSA) is 49.4 Å². The zero-order chi connectivity index (χ0) is 23.4. The molecule has 0 spiro atoms. The van der Waals surface area contributed by atoms with Gasteiger partial charge in [0.1, 0.15) is 0 Å². The van der Waals surface area contributed by atoms with E-state index in [-0.39, 0.29) is 5.54 Å². The minimum absolute atomic E-state index is 0.142. The minimum Gasteiger partial charge on any atom is -0.493 e. The van der Waals surface area contributed by atoms with Crippen molar-refractivity contribution < 1.29 is 23.7 Å². The van der Waals surface area contributed by atoms with Crippen LogP contribution in [0.5, 0.6) is 17.2 Å². The Kier molecular flexibility index (Phi) is 7.70. The van der Waals surface area contributed by atoms with E-state index in [0.717, 1.165) is 18.4 Å². The summed E-state index contributed by atoms with van der Waals surface area (Å²) < 4.78 is 29.2. The first kappa shape index (κ1) is 24.4. The van der Waals surface area contributed by atoms with Crippen molar-refractivity contribution in [1.82, 2.24) is 4.90 Å². The van der Waals surface area contributed by atoms with Crippen molar-refractivity contribution in [1.29, 1.82) is 0 Å². The molecule has 6 heteroatoms. The van der Waals surface area contributed by atoms with Crippen molar-refractivity contribution in [2.45, 2.75) is 44.4 Å². The van der Waals surface area contributed by atoms with Crippen LogP contribution < -0.4 is 14.2 Å². The normalized spacial score (nSPS) is 17.2. The second-order valence-electron chi connectivity index (χ2n) is 8.51. The molecule has 1 atom stereocenters. The molecule has 0 radical (unpaired) electrons. The molecule has 0 saturated carbocycles. The van der Waals surface area contributed by atoms with Crippen molar-refractivity contribution in [3.8, 4) is 17.2 Å². The van der Waals surface area contributed by atoms with Crippen LogP contribution in [0.2, 0.25) is 0 Å². The smallest absolute Gasteiger partial charge is 0.203 e. The summed E-state index contributed by atoms with van der Waals surface area (Å²) >= 11 is 0. The van der Waals surface area contributed by atoms with Gasteiger partial charge in [-0.25, -0.2) is 0 Å². The van der Waals surface area contributed by atoms with E-state index in [1.165, 1.54) is 11.1 Å². The Morgan fingerprint density at radius 3 is 1.94 bits per heavy atom. The Hall–Kier alpha value is -2.28. The van der Waals surface area contributed by atoms with Gasteiger partial charge in [0.15, 0.2) is 17.3 Å². The fourth-order valence-corrected chi connectivity index (χ4v) is 4.77. The zero-order valence-corrected chi connectivity index (χ0v) is 20.5. The molecule has 0 bridgehead atoms. The number of rotatable bonds is 10. The predicted octanol–water partition coefficient (Wildman–Crippen LogP) is 4.87. The van der Waals surface area contributed by atoms with Crippen molar-refractivity contribution in [2.24, 2.45) is 0 Å². The lowest BCUT2D eigenvalue weighted by Crippen LogP contribution is -2.43. The van der Waals surface area contributed by atoms with Gasteiger partial charge in [-0.3, -0.25) is 4.90 Å². The molecule has 1 fully saturated rings. The van der Waals surface area contributed by atoms with Crippen molar-refractivity contribution in [3.05, 3.63) is 53.1 Å². The maximum absolute atomic E-state index is 6.28. The Morgan fingerprint density at radius 2 is 1.50 bits per heavy atom. The van der Waals surface area contributed by atoms with Gasteiger partial charge in [-0.1, -0.05) is 36.8 Å². The highest BCUT2D eigenvalue weighted by Gasteiger charge is 2.43. The number of methoxy groups -OCH3 is 3. The number of hydrogen-bond donors (Lipinski definition) is 0.